The van der Waals surface area contributed by atoms with Crippen molar-refractivity contribution < 1.29 is 4.79 Å². The molecule has 0 aromatic heterocycles. The van der Waals surface area contributed by atoms with Crippen LogP contribution in [0.15, 0.2) is 0 Å². The second-order valence-corrected chi connectivity index (χ2v) is 4.14. The summed E-state index contributed by atoms with van der Waals surface area (Å²) in [5, 5.41) is 6.59. The van der Waals surface area contributed by atoms with Gasteiger partial charge in [-0.15, -0.1) is 0 Å². The Morgan fingerprint density at radius 2 is 2.38 bits per heavy atom. The Hall–Kier alpha value is -0.410. The Kier molecular flexibility index (Phi) is 4.39. The number of nitrogens with one attached hydrogen (secondary N) is 2. The van der Waals surface area contributed by atoms with E-state index in [1.54, 1.807) is 0 Å². The van der Waals surface area contributed by atoms with Crippen molar-refractivity contribution in [3.05, 3.63) is 0 Å². The average molecular weight is 184 g/mol. The minimum Gasteiger partial charge on any atom is -0.314 e. The van der Waals surface area contributed by atoms with Crippen molar-refractivity contribution in [3.63, 3.8) is 0 Å². The molecule has 0 bridgehead atoms. The molecule has 1 unspecified atom stereocenters. The Balaban J connectivity index is 2.22. The molecule has 1 fully saturated rings. The van der Waals surface area contributed by atoms with Crippen molar-refractivity contribution in [3.8, 4) is 0 Å². The van der Waals surface area contributed by atoms with Crippen molar-refractivity contribution in [2.45, 2.75) is 32.7 Å². The highest BCUT2D eigenvalue weighted by atomic mass is 16.1. The highest BCUT2D eigenvalue weighted by Gasteiger charge is 2.15. The Morgan fingerprint density at radius 3 is 3.08 bits per heavy atom. The van der Waals surface area contributed by atoms with E-state index in [-0.39, 0.29) is 0 Å². The minimum atomic E-state index is 0.354. The van der Waals surface area contributed by atoms with Crippen LogP contribution in [0.3, 0.4) is 0 Å². The molecular formula is C10H20N2O. The van der Waals surface area contributed by atoms with E-state index in [2.05, 4.69) is 24.5 Å². The van der Waals surface area contributed by atoms with Crippen molar-refractivity contribution in [2.24, 2.45) is 5.92 Å². The summed E-state index contributed by atoms with van der Waals surface area (Å²) in [6.45, 7) is 6.87. The van der Waals surface area contributed by atoms with E-state index in [1.165, 1.54) is 0 Å². The normalized spacial score (nSPS) is 24.8. The number of hydrogen-bond acceptors (Lipinski definition) is 3. The predicted octanol–water partition coefficient (Wildman–Crippen LogP) is 0.553. The molecule has 76 valence electrons. The van der Waals surface area contributed by atoms with Crippen molar-refractivity contribution in [1.82, 2.24) is 10.6 Å². The van der Waals surface area contributed by atoms with Crippen molar-refractivity contribution in [2.75, 3.05) is 19.6 Å². The van der Waals surface area contributed by atoms with Crippen LogP contribution in [0.1, 0.15) is 26.7 Å². The summed E-state index contributed by atoms with van der Waals surface area (Å²) < 4.78 is 0. The zero-order valence-electron chi connectivity index (χ0n) is 8.60. The first kappa shape index (κ1) is 10.7. The summed E-state index contributed by atoms with van der Waals surface area (Å²) >= 11 is 0. The van der Waals surface area contributed by atoms with Gasteiger partial charge in [-0.2, -0.15) is 0 Å². The lowest BCUT2D eigenvalue weighted by molar-refractivity contribution is -0.118. The highest BCUT2D eigenvalue weighted by molar-refractivity contribution is 5.80. The van der Waals surface area contributed by atoms with Gasteiger partial charge in [0.2, 0.25) is 0 Å². The second kappa shape index (κ2) is 5.35. The van der Waals surface area contributed by atoms with Gasteiger partial charge >= 0.3 is 0 Å². The van der Waals surface area contributed by atoms with Crippen LogP contribution in [0.5, 0.6) is 0 Å². The molecule has 0 aromatic carbocycles. The number of carbonyl (C=O) groups excluding carboxylic acids is 1. The first-order chi connectivity index (χ1) is 6.18. The number of hydrogen-bond donors (Lipinski definition) is 2. The van der Waals surface area contributed by atoms with Gasteiger partial charge in [0.15, 0.2) is 0 Å². The SMILES string of the molecule is CC(C)NCC1CCC(=O)CNC1. The molecule has 0 spiro atoms. The van der Waals surface area contributed by atoms with E-state index in [0.717, 1.165) is 25.9 Å². The van der Waals surface area contributed by atoms with Crippen molar-refractivity contribution >= 4 is 5.78 Å². The molecule has 2 N–H and O–H groups in total. The first-order valence-corrected chi connectivity index (χ1v) is 5.14. The van der Waals surface area contributed by atoms with Gasteiger partial charge in [-0.1, -0.05) is 13.8 Å². The Bertz CT molecular complexity index is 168. The second-order valence-electron chi connectivity index (χ2n) is 4.14. The van der Waals surface area contributed by atoms with E-state index in [1.807, 2.05) is 0 Å². The fourth-order valence-corrected chi connectivity index (χ4v) is 1.55. The smallest absolute Gasteiger partial charge is 0.146 e. The minimum absolute atomic E-state index is 0.354. The molecule has 1 saturated heterocycles. The molecule has 1 rings (SSSR count). The number of rotatable bonds is 3. The van der Waals surface area contributed by atoms with Gasteiger partial charge in [0, 0.05) is 12.5 Å². The number of Topliss-reactive ketones (excluding diaryl/α,β-unsaturated/α-hetero) is 1. The fraction of sp³-hybridized carbons (Fsp3) is 0.900. The van der Waals surface area contributed by atoms with Gasteiger partial charge < -0.3 is 10.6 Å². The summed E-state index contributed by atoms with van der Waals surface area (Å²) in [6, 6.07) is 0.541. The standard InChI is InChI=1S/C10H20N2O/c1-8(2)12-6-9-3-4-10(13)7-11-5-9/h8-9,11-12H,3-7H2,1-2H3. The summed E-state index contributed by atoms with van der Waals surface area (Å²) in [5.41, 5.74) is 0. The van der Waals surface area contributed by atoms with Crippen molar-refractivity contribution in [1.29, 1.82) is 0 Å². The molecule has 1 atom stereocenters. The summed E-state index contributed by atoms with van der Waals surface area (Å²) in [6.07, 6.45) is 1.78. The summed E-state index contributed by atoms with van der Waals surface area (Å²) in [4.78, 5) is 11.1. The van der Waals surface area contributed by atoms with Gasteiger partial charge in [-0.3, -0.25) is 4.79 Å². The third-order valence-electron chi connectivity index (χ3n) is 2.40. The zero-order chi connectivity index (χ0) is 9.68. The van der Waals surface area contributed by atoms with Crippen LogP contribution in [-0.4, -0.2) is 31.5 Å². The molecule has 0 radical (unpaired) electrons. The lowest BCUT2D eigenvalue weighted by Crippen LogP contribution is -2.33. The zero-order valence-corrected chi connectivity index (χ0v) is 8.60. The highest BCUT2D eigenvalue weighted by Crippen LogP contribution is 2.08. The molecule has 0 aromatic rings. The third kappa shape index (κ3) is 4.39. The van der Waals surface area contributed by atoms with Gasteiger partial charge in [0.05, 0.1) is 6.54 Å². The number of carbonyl (C=O) groups is 1. The molecule has 3 nitrogen and oxygen atoms in total. The summed E-state index contributed by atoms with van der Waals surface area (Å²) in [5.74, 6) is 0.973. The van der Waals surface area contributed by atoms with E-state index < -0.39 is 0 Å². The van der Waals surface area contributed by atoms with Crippen LogP contribution in [0.2, 0.25) is 0 Å². The topological polar surface area (TPSA) is 41.1 Å². The monoisotopic (exact) mass is 184 g/mol. The maximum absolute atomic E-state index is 11.1. The average Bonchev–Trinajstić information content (AvgIpc) is 2.27. The molecule has 1 heterocycles. The molecule has 1 aliphatic rings. The van der Waals surface area contributed by atoms with Crippen LogP contribution >= 0.6 is 0 Å². The molecular weight excluding hydrogens is 164 g/mol. The van der Waals surface area contributed by atoms with E-state index in [0.29, 0.717) is 24.3 Å². The fourth-order valence-electron chi connectivity index (χ4n) is 1.55. The van der Waals surface area contributed by atoms with Gasteiger partial charge in [-0.25, -0.2) is 0 Å². The largest absolute Gasteiger partial charge is 0.314 e. The molecule has 0 aliphatic carbocycles. The van der Waals surface area contributed by atoms with E-state index in [4.69, 9.17) is 0 Å². The van der Waals surface area contributed by atoms with Crippen LogP contribution in [0.4, 0.5) is 0 Å². The maximum Gasteiger partial charge on any atom is 0.146 e. The van der Waals surface area contributed by atoms with E-state index in [9.17, 15) is 4.79 Å². The first-order valence-electron chi connectivity index (χ1n) is 5.14. The maximum atomic E-state index is 11.1. The lowest BCUT2D eigenvalue weighted by Gasteiger charge is -2.16. The predicted molar refractivity (Wildman–Crippen MR) is 53.7 cm³/mol. The van der Waals surface area contributed by atoms with Gasteiger partial charge in [0.1, 0.15) is 5.78 Å². The number of ketones is 1. The third-order valence-corrected chi connectivity index (χ3v) is 2.40. The van der Waals surface area contributed by atoms with E-state index >= 15 is 0 Å². The van der Waals surface area contributed by atoms with Crippen LogP contribution in [0.25, 0.3) is 0 Å². The molecule has 0 amide bonds. The Labute approximate surface area is 80.3 Å². The van der Waals surface area contributed by atoms with Gasteiger partial charge in [0.25, 0.3) is 0 Å². The van der Waals surface area contributed by atoms with Crippen LogP contribution < -0.4 is 10.6 Å². The molecule has 3 heteroatoms. The quantitative estimate of drug-likeness (QED) is 0.673. The van der Waals surface area contributed by atoms with Gasteiger partial charge in [-0.05, 0) is 25.4 Å². The molecule has 1 aliphatic heterocycles. The van der Waals surface area contributed by atoms with Crippen LogP contribution in [-0.2, 0) is 4.79 Å². The van der Waals surface area contributed by atoms with Crippen LogP contribution in [0, 0.1) is 5.92 Å². The molecule has 13 heavy (non-hydrogen) atoms. The summed E-state index contributed by atoms with van der Waals surface area (Å²) in [7, 11) is 0. The lowest BCUT2D eigenvalue weighted by atomic mass is 10.0. The molecule has 0 saturated carbocycles. The Morgan fingerprint density at radius 1 is 1.62 bits per heavy atom.